The Labute approximate surface area is 535 Å². The van der Waals surface area contributed by atoms with Gasteiger partial charge >= 0.3 is 0 Å². The van der Waals surface area contributed by atoms with Gasteiger partial charge in [0.15, 0.2) is 11.7 Å². The predicted octanol–water partition coefficient (Wildman–Crippen LogP) is 5.98. The van der Waals surface area contributed by atoms with Crippen LogP contribution in [0.25, 0.3) is 0 Å². The van der Waals surface area contributed by atoms with Gasteiger partial charge in [-0.1, -0.05) is 191 Å². The van der Waals surface area contributed by atoms with E-state index < -0.39 is 91.4 Å². The molecule has 1 rings (SSSR count). The summed E-state index contributed by atoms with van der Waals surface area (Å²) in [5.74, 6) is -0.955. The lowest BCUT2D eigenvalue weighted by molar-refractivity contribution is -0.113. The number of nitrogens with zero attached hydrogens (tertiary/aromatic N) is 2. The van der Waals surface area contributed by atoms with E-state index in [1.807, 2.05) is 142 Å². The first kappa shape index (κ1) is 82.2. The number of ketones is 1. The zero-order chi connectivity index (χ0) is 67.2. The summed E-state index contributed by atoms with van der Waals surface area (Å²) >= 11 is 0. The fourth-order valence-corrected chi connectivity index (χ4v) is 9.20. The Bertz CT molecular complexity index is 2510. The monoisotopic (exact) mass is 1260 g/mol. The van der Waals surface area contributed by atoms with Gasteiger partial charge in [-0.15, -0.1) is 0 Å². The molecule has 0 bridgehead atoms. The predicted molar refractivity (Wildman–Crippen MR) is 359 cm³/mol. The molecule has 0 aromatic heterocycles. The Morgan fingerprint density at radius 3 is 1.60 bits per heavy atom. The molecule has 0 spiro atoms. The molecule has 1 aromatic carbocycles. The number of carbonyl (C=O) groups is 1. The van der Waals surface area contributed by atoms with Gasteiger partial charge in [0.25, 0.3) is 0 Å². The summed E-state index contributed by atoms with van der Waals surface area (Å²) < 4.78 is 0. The van der Waals surface area contributed by atoms with Gasteiger partial charge in [0, 0.05) is 62.1 Å². The molecule has 0 radical (unpaired) electrons. The van der Waals surface area contributed by atoms with Gasteiger partial charge in [0.05, 0.1) is 85.9 Å². The quantitative estimate of drug-likeness (QED) is 0.00891. The van der Waals surface area contributed by atoms with Crippen LogP contribution in [0.4, 0.5) is 0 Å². The number of allylic oxidation sites excluding steroid dienone is 17. The largest absolute Gasteiger partial charge is 0.393 e. The van der Waals surface area contributed by atoms with Gasteiger partial charge in [-0.3, -0.25) is 14.8 Å². The average molecular weight is 1260 g/mol. The van der Waals surface area contributed by atoms with Crippen LogP contribution in [0.2, 0.25) is 0 Å². The molecular formula is C71H110N4O15. The summed E-state index contributed by atoms with van der Waals surface area (Å²) in [6.07, 6.45) is 27.2. The number of carbonyl (C=O) groups excluding carboxylic acids is 1. The van der Waals surface area contributed by atoms with Crippen molar-refractivity contribution in [2.24, 2.45) is 39.2 Å². The van der Waals surface area contributed by atoms with Crippen molar-refractivity contribution in [2.45, 2.75) is 217 Å². The summed E-state index contributed by atoms with van der Waals surface area (Å²) in [6, 6.07) is 9.58. The van der Waals surface area contributed by atoms with E-state index >= 15 is 0 Å². The summed E-state index contributed by atoms with van der Waals surface area (Å²) in [7, 11) is 0. The molecule has 90 heavy (non-hydrogen) atoms. The molecule has 0 aliphatic carbocycles. The van der Waals surface area contributed by atoms with E-state index in [-0.39, 0.29) is 81.4 Å². The fraction of sp³-hybridized carbons (Fsp3) is 0.535. The van der Waals surface area contributed by atoms with Crippen LogP contribution in [0.15, 0.2) is 186 Å². The first-order valence-corrected chi connectivity index (χ1v) is 31.5. The van der Waals surface area contributed by atoms with Crippen molar-refractivity contribution in [3.8, 4) is 0 Å². The van der Waals surface area contributed by atoms with Gasteiger partial charge in [-0.2, -0.15) is 0 Å². The molecule has 0 fully saturated rings. The van der Waals surface area contributed by atoms with Crippen molar-refractivity contribution in [3.63, 3.8) is 0 Å². The molecule has 17 atom stereocenters. The van der Waals surface area contributed by atoms with Gasteiger partial charge in [-0.25, -0.2) is 0 Å². The maximum Gasteiger partial charge on any atom is 0.185 e. The standard InChI is InChI=1S/C71H110N4O15/c1-50(54(5)76)30-21-16-12-11-13-17-22-31-51(2)69(89)53(4)66(86)40-26-19-15-10-8-6-7-9-14-18-25-39-65(85)52(3)64(75-49-55-32-23-20-24-33-55)46-62(83)44-58(79)35-27-34-56(77)42-61(82)43-57(78)36-28-37-60(81)47-67(87)70(90)68(88)48-63(84)45-59(80)38-29-41-74-71(72)73/h6-12,14-16,18-28,30-33,35-36,40,51-53,56-63,65-70,77-90H,13,17,29,34,37-39,41-49H2,1-5H3,(H4,72,73,74)/b7-6+,10-8+,12-11+,14-9+,19-15+,21-16+,25-18+,31-22+,35-27+,36-28+,40-26+,50-30+,75-64?. The molecule has 17 unspecified atom stereocenters. The second kappa shape index (κ2) is 49.8. The van der Waals surface area contributed by atoms with E-state index in [2.05, 4.69) is 4.99 Å². The zero-order valence-electron chi connectivity index (χ0n) is 53.5. The topological polar surface area (TPSA) is 377 Å². The van der Waals surface area contributed by atoms with Crippen molar-refractivity contribution in [1.29, 1.82) is 0 Å². The maximum absolute atomic E-state index is 11.3. The van der Waals surface area contributed by atoms with Crippen LogP contribution in [0.5, 0.6) is 0 Å². The van der Waals surface area contributed by atoms with Crippen molar-refractivity contribution in [3.05, 3.63) is 181 Å². The van der Waals surface area contributed by atoms with Crippen LogP contribution < -0.4 is 11.5 Å². The molecule has 18 N–H and O–H groups in total. The third-order valence-electron chi connectivity index (χ3n) is 14.9. The van der Waals surface area contributed by atoms with E-state index in [1.165, 1.54) is 25.2 Å². The van der Waals surface area contributed by atoms with Crippen LogP contribution >= 0.6 is 0 Å². The molecule has 0 aliphatic rings. The fourth-order valence-electron chi connectivity index (χ4n) is 9.20. The highest BCUT2D eigenvalue weighted by Crippen LogP contribution is 2.22. The third-order valence-corrected chi connectivity index (χ3v) is 14.9. The summed E-state index contributed by atoms with van der Waals surface area (Å²) in [5, 5.41) is 148. The number of unbranched alkanes of at least 4 members (excludes halogenated alkanes) is 1. The molecule has 504 valence electrons. The number of benzene rings is 1. The molecule has 0 amide bonds. The maximum atomic E-state index is 11.3. The van der Waals surface area contributed by atoms with E-state index in [0.29, 0.717) is 43.6 Å². The minimum atomic E-state index is -1.69. The average Bonchev–Trinajstić information content (AvgIpc) is 3.67. The van der Waals surface area contributed by atoms with Crippen LogP contribution in [0, 0.1) is 17.8 Å². The van der Waals surface area contributed by atoms with Crippen LogP contribution in [-0.2, 0) is 11.3 Å². The van der Waals surface area contributed by atoms with Gasteiger partial charge < -0.3 is 83.0 Å². The first-order valence-electron chi connectivity index (χ1n) is 31.5. The molecular weight excluding hydrogens is 1150 g/mol. The Balaban J connectivity index is 2.58. The Hall–Kier alpha value is -5.85. The number of rotatable bonds is 48. The number of aliphatic hydroxyl groups excluding tert-OH is 14. The normalized spacial score (nSPS) is 19.2. The lowest BCUT2D eigenvalue weighted by Crippen LogP contribution is -2.41. The number of Topliss-reactive ketones (excluding diaryl/α,β-unsaturated/α-hetero) is 1. The Kier molecular flexibility index (Phi) is 45.5. The van der Waals surface area contributed by atoms with Crippen LogP contribution in [0.3, 0.4) is 0 Å². The number of nitrogens with two attached hydrogens (primary N) is 2. The SMILES string of the molecule is CC(=O)/C(C)=C/C=C/C=C/CC/C=C/C(C)C(O)C(C)C(O)/C=C/C=C/C=C/C=C/C=C/C=C/CC(O)C(C)C(CC(O)CC(O)/C=C/CC(O)CC(O)CC(O)/C=C/CC(O)CC(O)C(O)C(O)CC(O)CC(O)CCCN=C(N)N)=NCc1ccccc1. The van der Waals surface area contributed by atoms with Crippen molar-refractivity contribution in [2.75, 3.05) is 6.54 Å². The van der Waals surface area contributed by atoms with Crippen LogP contribution in [-0.4, -0.2) is 181 Å². The number of hydrogen-bond donors (Lipinski definition) is 16. The van der Waals surface area contributed by atoms with Gasteiger partial charge in [0.1, 0.15) is 6.10 Å². The Morgan fingerprint density at radius 2 is 1.00 bits per heavy atom. The number of hydrogen-bond acceptors (Lipinski definition) is 17. The second-order valence-electron chi connectivity index (χ2n) is 23.2. The third kappa shape index (κ3) is 41.5. The number of aliphatic hydroxyl groups is 14. The minimum absolute atomic E-state index is 0.0420. The van der Waals surface area contributed by atoms with Crippen molar-refractivity contribution < 1.29 is 76.3 Å². The van der Waals surface area contributed by atoms with E-state index in [4.69, 9.17) is 16.5 Å². The van der Waals surface area contributed by atoms with E-state index in [0.717, 1.165) is 18.4 Å². The van der Waals surface area contributed by atoms with Gasteiger partial charge in [0.2, 0.25) is 0 Å². The van der Waals surface area contributed by atoms with E-state index in [9.17, 15) is 76.3 Å². The van der Waals surface area contributed by atoms with Gasteiger partial charge in [-0.05, 0) is 82.8 Å². The molecule has 0 saturated carbocycles. The molecule has 1 aromatic rings. The summed E-state index contributed by atoms with van der Waals surface area (Å²) in [4.78, 5) is 19.9. The Morgan fingerprint density at radius 1 is 0.489 bits per heavy atom. The second-order valence-corrected chi connectivity index (χ2v) is 23.2. The number of guanidine groups is 1. The van der Waals surface area contributed by atoms with Crippen molar-refractivity contribution in [1.82, 2.24) is 0 Å². The highest BCUT2D eigenvalue weighted by molar-refractivity contribution is 5.92. The molecule has 0 aliphatic heterocycles. The molecule has 19 nitrogen and oxygen atoms in total. The first-order chi connectivity index (χ1) is 42.8. The lowest BCUT2D eigenvalue weighted by atomic mass is 9.88. The van der Waals surface area contributed by atoms with Crippen LogP contribution in [0.1, 0.15) is 130 Å². The molecule has 0 saturated heterocycles. The summed E-state index contributed by atoms with van der Waals surface area (Å²) in [5.41, 5.74) is 12.8. The smallest absolute Gasteiger partial charge is 0.185 e. The summed E-state index contributed by atoms with van der Waals surface area (Å²) in [6.45, 7) is 9.56. The van der Waals surface area contributed by atoms with E-state index in [1.54, 1.807) is 37.3 Å². The molecule has 0 heterocycles. The highest BCUT2D eigenvalue weighted by Gasteiger charge is 2.29. The lowest BCUT2D eigenvalue weighted by Gasteiger charge is -2.26. The highest BCUT2D eigenvalue weighted by atomic mass is 16.4. The number of aliphatic imine (C=N–C) groups is 2. The molecule has 19 heteroatoms. The van der Waals surface area contributed by atoms with Crippen molar-refractivity contribution >= 4 is 17.5 Å². The zero-order valence-corrected chi connectivity index (χ0v) is 53.5. The minimum Gasteiger partial charge on any atom is -0.393 e.